The van der Waals surface area contributed by atoms with Gasteiger partial charge in [-0.3, -0.25) is 9.78 Å². The van der Waals surface area contributed by atoms with Crippen LogP contribution >= 0.6 is 0 Å². The predicted octanol–water partition coefficient (Wildman–Crippen LogP) is 6.19. The number of carboxylic acid groups (broad SMARTS) is 1. The molecule has 0 aliphatic carbocycles. The Morgan fingerprint density at radius 1 is 1.13 bits per heavy atom. The van der Waals surface area contributed by atoms with Crippen LogP contribution in [-0.2, 0) is 11.2 Å². The minimum absolute atomic E-state index is 0.120. The number of aliphatic hydroxyl groups is 1. The minimum atomic E-state index is -0.729. The highest BCUT2D eigenvalue weighted by Gasteiger charge is 2.31. The van der Waals surface area contributed by atoms with Crippen LogP contribution in [-0.4, -0.2) is 52.8 Å². The van der Waals surface area contributed by atoms with Gasteiger partial charge >= 0.3 is 5.97 Å². The first kappa shape index (κ1) is 28.1. The number of aromatic nitrogens is 1. The number of ether oxygens (including phenoxy) is 1. The highest BCUT2D eigenvalue weighted by Crippen LogP contribution is 2.35. The van der Waals surface area contributed by atoms with Gasteiger partial charge in [0.2, 0.25) is 0 Å². The Labute approximate surface area is 226 Å². The quantitative estimate of drug-likeness (QED) is 0.263. The van der Waals surface area contributed by atoms with E-state index in [4.69, 9.17) is 4.74 Å². The molecule has 6 nitrogen and oxygen atoms in total. The predicted molar refractivity (Wildman–Crippen MR) is 152 cm³/mol. The maximum atomic E-state index is 11.7. The zero-order valence-corrected chi connectivity index (χ0v) is 22.8. The molecule has 1 fully saturated rings. The van der Waals surface area contributed by atoms with Crippen molar-refractivity contribution >= 4 is 16.9 Å². The van der Waals surface area contributed by atoms with Crippen LogP contribution in [0.2, 0.25) is 0 Å². The number of nitrogens with zero attached hydrogens (tertiary/aromatic N) is 2. The molecule has 0 saturated carbocycles. The van der Waals surface area contributed by atoms with Crippen molar-refractivity contribution in [3.05, 3.63) is 71.4 Å². The van der Waals surface area contributed by atoms with Gasteiger partial charge in [0.25, 0.3) is 0 Å². The summed E-state index contributed by atoms with van der Waals surface area (Å²) in [5.74, 6) is 0.436. The van der Waals surface area contributed by atoms with Crippen LogP contribution in [0.25, 0.3) is 10.9 Å². The van der Waals surface area contributed by atoms with Crippen LogP contribution in [0.5, 0.6) is 5.75 Å². The fraction of sp³-hybridized carbons (Fsp3) is 0.500. The van der Waals surface area contributed by atoms with E-state index in [2.05, 4.69) is 41.1 Å². The first-order valence-corrected chi connectivity index (χ1v) is 14.0. The number of rotatable bonds is 13. The Morgan fingerprint density at radius 2 is 1.97 bits per heavy atom. The first-order chi connectivity index (χ1) is 18.4. The molecule has 0 radical (unpaired) electrons. The van der Waals surface area contributed by atoms with E-state index in [0.717, 1.165) is 67.5 Å². The summed E-state index contributed by atoms with van der Waals surface area (Å²) in [6, 6.07) is 16.2. The van der Waals surface area contributed by atoms with E-state index in [1.165, 1.54) is 24.0 Å². The number of aliphatic hydroxyl groups excluding tert-OH is 1. The minimum Gasteiger partial charge on any atom is -0.497 e. The van der Waals surface area contributed by atoms with Crippen LogP contribution in [0, 0.1) is 18.8 Å². The summed E-state index contributed by atoms with van der Waals surface area (Å²) in [7, 11) is 1.63. The molecule has 0 bridgehead atoms. The van der Waals surface area contributed by atoms with Gasteiger partial charge < -0.3 is 19.8 Å². The van der Waals surface area contributed by atoms with Crippen molar-refractivity contribution in [3.63, 3.8) is 0 Å². The fourth-order valence-electron chi connectivity index (χ4n) is 6.00. The Hall–Kier alpha value is -2.96. The lowest BCUT2D eigenvalue weighted by atomic mass is 9.79. The lowest BCUT2D eigenvalue weighted by Crippen LogP contribution is -2.41. The SMILES string of the molecule is COc1ccc2nccc(C(O)CC[C@@H]3CCN(CCCCCc4ccccc4C)C[C@@H]3CC(=O)O)c2c1. The number of fused-ring (bicyclic) bond motifs is 1. The van der Waals surface area contributed by atoms with Crippen LogP contribution in [0.4, 0.5) is 0 Å². The van der Waals surface area contributed by atoms with Crippen molar-refractivity contribution in [2.75, 3.05) is 26.7 Å². The molecular weight excluding hydrogens is 476 g/mol. The highest BCUT2D eigenvalue weighted by atomic mass is 16.5. The van der Waals surface area contributed by atoms with E-state index in [9.17, 15) is 15.0 Å². The number of aliphatic carboxylic acids is 1. The molecule has 4 rings (SSSR count). The number of aryl methyl sites for hydroxylation is 2. The Morgan fingerprint density at radius 3 is 2.76 bits per heavy atom. The van der Waals surface area contributed by atoms with Crippen molar-refractivity contribution in [2.45, 2.75) is 64.4 Å². The Kier molecular flexibility index (Phi) is 10.1. The largest absolute Gasteiger partial charge is 0.497 e. The third-order valence-corrected chi connectivity index (χ3v) is 8.25. The summed E-state index contributed by atoms with van der Waals surface area (Å²) in [5, 5.41) is 21.6. The molecule has 6 heteroatoms. The third-order valence-electron chi connectivity index (χ3n) is 8.25. The second-order valence-electron chi connectivity index (χ2n) is 10.8. The molecule has 204 valence electrons. The third kappa shape index (κ3) is 7.55. The zero-order chi connectivity index (χ0) is 26.9. The number of pyridine rings is 1. The van der Waals surface area contributed by atoms with Gasteiger partial charge in [-0.1, -0.05) is 30.7 Å². The van der Waals surface area contributed by atoms with E-state index in [1.54, 1.807) is 13.3 Å². The molecule has 3 aromatic rings. The summed E-state index contributed by atoms with van der Waals surface area (Å²) < 4.78 is 5.37. The summed E-state index contributed by atoms with van der Waals surface area (Å²) >= 11 is 0. The lowest BCUT2D eigenvalue weighted by Gasteiger charge is -2.38. The van der Waals surface area contributed by atoms with Gasteiger partial charge in [0.1, 0.15) is 5.75 Å². The van der Waals surface area contributed by atoms with Crippen LogP contribution in [0.15, 0.2) is 54.7 Å². The smallest absolute Gasteiger partial charge is 0.303 e. The van der Waals surface area contributed by atoms with Gasteiger partial charge in [0.05, 0.1) is 18.7 Å². The number of piperidine rings is 1. The number of carboxylic acids is 1. The summed E-state index contributed by atoms with van der Waals surface area (Å²) in [4.78, 5) is 18.5. The van der Waals surface area contributed by atoms with Crippen molar-refractivity contribution in [3.8, 4) is 5.75 Å². The van der Waals surface area contributed by atoms with Crippen molar-refractivity contribution < 1.29 is 19.7 Å². The van der Waals surface area contributed by atoms with Crippen molar-refractivity contribution in [2.24, 2.45) is 11.8 Å². The van der Waals surface area contributed by atoms with Gasteiger partial charge in [0, 0.05) is 24.5 Å². The lowest BCUT2D eigenvalue weighted by molar-refractivity contribution is -0.139. The molecule has 0 spiro atoms. The van der Waals surface area contributed by atoms with Gasteiger partial charge in [-0.2, -0.15) is 0 Å². The maximum Gasteiger partial charge on any atom is 0.303 e. The van der Waals surface area contributed by atoms with E-state index >= 15 is 0 Å². The molecule has 1 aliphatic heterocycles. The van der Waals surface area contributed by atoms with Gasteiger partial charge in [-0.25, -0.2) is 0 Å². The molecule has 2 aromatic carbocycles. The molecule has 2 heterocycles. The Bertz CT molecular complexity index is 1200. The number of hydrogen-bond acceptors (Lipinski definition) is 5. The average Bonchev–Trinajstić information content (AvgIpc) is 2.92. The van der Waals surface area contributed by atoms with Crippen molar-refractivity contribution in [1.29, 1.82) is 0 Å². The standard InChI is InChI=1S/C32H42N2O4/c1-23-8-5-6-10-24(23)9-4-3-7-18-34-19-16-25(26(22-34)20-32(36)37)11-14-31(35)28-15-17-33-30-13-12-27(38-2)21-29(28)30/h5-6,8,10,12-13,15,17,21,25-26,31,35H,3-4,7,9,11,14,16,18-20,22H2,1-2H3,(H,36,37)/t25-,26+,31?/m1/s1. The first-order valence-electron chi connectivity index (χ1n) is 14.0. The second kappa shape index (κ2) is 13.7. The van der Waals surface area contributed by atoms with E-state index in [0.29, 0.717) is 12.3 Å². The molecule has 3 atom stereocenters. The molecule has 0 amide bonds. The van der Waals surface area contributed by atoms with Crippen molar-refractivity contribution in [1.82, 2.24) is 9.88 Å². The molecule has 38 heavy (non-hydrogen) atoms. The number of methoxy groups -OCH3 is 1. The van der Waals surface area contributed by atoms with E-state index in [1.807, 2.05) is 24.3 Å². The van der Waals surface area contributed by atoms with Gasteiger partial charge in [0.15, 0.2) is 0 Å². The number of hydrogen-bond donors (Lipinski definition) is 2. The molecule has 1 unspecified atom stereocenters. The number of unbranched alkanes of at least 4 members (excludes halogenated alkanes) is 2. The molecule has 1 aliphatic rings. The fourth-order valence-corrected chi connectivity index (χ4v) is 6.00. The Balaban J connectivity index is 1.28. The second-order valence-corrected chi connectivity index (χ2v) is 10.8. The van der Waals surface area contributed by atoms with E-state index < -0.39 is 12.1 Å². The van der Waals surface area contributed by atoms with E-state index in [-0.39, 0.29) is 12.3 Å². The number of likely N-dealkylation sites (tertiary alicyclic amines) is 1. The van der Waals surface area contributed by atoms with Crippen LogP contribution < -0.4 is 4.74 Å². The molecule has 1 saturated heterocycles. The molecule has 2 N–H and O–H groups in total. The molecule has 1 aromatic heterocycles. The summed E-state index contributed by atoms with van der Waals surface area (Å²) in [6.45, 7) is 5.05. The average molecular weight is 519 g/mol. The number of benzene rings is 2. The topological polar surface area (TPSA) is 82.9 Å². The maximum absolute atomic E-state index is 11.7. The highest BCUT2D eigenvalue weighted by molar-refractivity contribution is 5.83. The zero-order valence-electron chi connectivity index (χ0n) is 22.8. The van der Waals surface area contributed by atoms with Crippen LogP contribution in [0.1, 0.15) is 67.7 Å². The number of carbonyl (C=O) groups is 1. The molecular formula is C32H42N2O4. The normalized spacial score (nSPS) is 18.9. The van der Waals surface area contributed by atoms with Gasteiger partial charge in [-0.15, -0.1) is 0 Å². The summed E-state index contributed by atoms with van der Waals surface area (Å²) in [6.07, 6.45) is 8.37. The summed E-state index contributed by atoms with van der Waals surface area (Å²) in [5.41, 5.74) is 4.49. The monoisotopic (exact) mass is 518 g/mol. The van der Waals surface area contributed by atoms with Gasteiger partial charge in [-0.05, 0) is 111 Å². The van der Waals surface area contributed by atoms with Crippen LogP contribution in [0.3, 0.4) is 0 Å².